The Balaban J connectivity index is 1.94. The van der Waals surface area contributed by atoms with Crippen molar-refractivity contribution in [3.8, 4) is 5.75 Å². The Morgan fingerprint density at radius 3 is 2.86 bits per heavy atom. The van der Waals surface area contributed by atoms with Crippen molar-refractivity contribution >= 4 is 5.69 Å². The summed E-state index contributed by atoms with van der Waals surface area (Å²) in [5, 5.41) is 28.2. The zero-order chi connectivity index (χ0) is 15.2. The molecule has 7 nitrogen and oxygen atoms in total. The standard InChI is InChI=1S/C14H15N3O4/c15-14-6-1-2-7-16(14)9-12(18)10-21-13-5-3-4-11(8-13)17(19)20/h1-8,12,15,18H,9-10H2/t12-/m0/s1. The molecule has 2 N–H and O–H groups in total. The first-order valence-corrected chi connectivity index (χ1v) is 6.31. The average Bonchev–Trinajstić information content (AvgIpc) is 2.48. The van der Waals surface area contributed by atoms with Gasteiger partial charge in [0.2, 0.25) is 0 Å². The number of aromatic nitrogens is 1. The number of hydrogen-bond donors (Lipinski definition) is 2. The number of pyridine rings is 1. The monoisotopic (exact) mass is 289 g/mol. The minimum Gasteiger partial charge on any atom is -0.491 e. The van der Waals surface area contributed by atoms with Crippen LogP contribution in [0.1, 0.15) is 0 Å². The predicted octanol–water partition coefficient (Wildman–Crippen LogP) is 1.32. The first kappa shape index (κ1) is 14.7. The van der Waals surface area contributed by atoms with Crippen molar-refractivity contribution < 1.29 is 14.8 Å². The van der Waals surface area contributed by atoms with Gasteiger partial charge in [0.1, 0.15) is 23.9 Å². The molecule has 0 amide bonds. The molecule has 21 heavy (non-hydrogen) atoms. The highest BCUT2D eigenvalue weighted by Crippen LogP contribution is 2.19. The first-order valence-electron chi connectivity index (χ1n) is 6.31. The summed E-state index contributed by atoms with van der Waals surface area (Å²) in [6.45, 7) is 0.205. The fourth-order valence-electron chi connectivity index (χ4n) is 1.79. The second kappa shape index (κ2) is 6.67. The molecule has 0 fully saturated rings. The van der Waals surface area contributed by atoms with Gasteiger partial charge in [0.25, 0.3) is 5.69 Å². The van der Waals surface area contributed by atoms with Crippen molar-refractivity contribution in [1.82, 2.24) is 4.57 Å². The Labute approximate surface area is 120 Å². The summed E-state index contributed by atoms with van der Waals surface area (Å²) in [7, 11) is 0. The summed E-state index contributed by atoms with van der Waals surface area (Å²) >= 11 is 0. The molecule has 1 heterocycles. The largest absolute Gasteiger partial charge is 0.491 e. The summed E-state index contributed by atoms with van der Waals surface area (Å²) in [5.74, 6) is 0.326. The van der Waals surface area contributed by atoms with E-state index in [1.165, 1.54) is 18.2 Å². The number of rotatable bonds is 6. The van der Waals surface area contributed by atoms with E-state index < -0.39 is 11.0 Å². The van der Waals surface area contributed by atoms with E-state index in [0.29, 0.717) is 5.75 Å². The minimum absolute atomic E-state index is 0.0114. The summed E-state index contributed by atoms with van der Waals surface area (Å²) in [6, 6.07) is 10.9. The molecule has 2 aromatic rings. The molecule has 0 spiro atoms. The number of nitro groups is 1. The number of non-ortho nitro benzene ring substituents is 1. The summed E-state index contributed by atoms with van der Waals surface area (Å²) in [5.41, 5.74) is 0.222. The van der Waals surface area contributed by atoms with Gasteiger partial charge in [0, 0.05) is 12.3 Å². The van der Waals surface area contributed by atoms with Crippen LogP contribution in [-0.4, -0.2) is 27.3 Å². The molecule has 1 aromatic heterocycles. The highest BCUT2D eigenvalue weighted by Gasteiger charge is 2.09. The van der Waals surface area contributed by atoms with Gasteiger partial charge >= 0.3 is 0 Å². The number of nitrogens with zero attached hydrogens (tertiary/aromatic N) is 2. The highest BCUT2D eigenvalue weighted by atomic mass is 16.6. The lowest BCUT2D eigenvalue weighted by molar-refractivity contribution is -0.384. The van der Waals surface area contributed by atoms with Crippen molar-refractivity contribution in [3.05, 3.63) is 64.3 Å². The van der Waals surface area contributed by atoms with Gasteiger partial charge in [-0.05, 0) is 18.2 Å². The van der Waals surface area contributed by atoms with Gasteiger partial charge in [-0.3, -0.25) is 15.5 Å². The third-order valence-corrected chi connectivity index (χ3v) is 2.82. The summed E-state index contributed by atoms with van der Waals surface area (Å²) in [4.78, 5) is 10.1. The maximum atomic E-state index is 10.6. The molecular weight excluding hydrogens is 274 g/mol. The van der Waals surface area contributed by atoms with E-state index in [1.807, 2.05) is 0 Å². The predicted molar refractivity (Wildman–Crippen MR) is 74.9 cm³/mol. The molecule has 1 atom stereocenters. The fraction of sp³-hybridized carbons (Fsp3) is 0.214. The lowest BCUT2D eigenvalue weighted by Gasteiger charge is -2.14. The van der Waals surface area contributed by atoms with E-state index in [2.05, 4.69) is 0 Å². The van der Waals surface area contributed by atoms with Crippen LogP contribution in [0.2, 0.25) is 0 Å². The quantitative estimate of drug-likeness (QED) is 0.618. The van der Waals surface area contributed by atoms with Crippen LogP contribution in [0, 0.1) is 15.5 Å². The van der Waals surface area contributed by atoms with E-state index in [1.54, 1.807) is 35.0 Å². The van der Waals surface area contributed by atoms with E-state index >= 15 is 0 Å². The molecule has 110 valence electrons. The van der Waals surface area contributed by atoms with Gasteiger partial charge in [-0.25, -0.2) is 0 Å². The Morgan fingerprint density at radius 1 is 1.33 bits per heavy atom. The maximum Gasteiger partial charge on any atom is 0.273 e. The van der Waals surface area contributed by atoms with Crippen LogP contribution in [0.5, 0.6) is 5.75 Å². The van der Waals surface area contributed by atoms with Crippen LogP contribution in [0.4, 0.5) is 5.69 Å². The van der Waals surface area contributed by atoms with Crippen LogP contribution >= 0.6 is 0 Å². The van der Waals surface area contributed by atoms with Gasteiger partial charge in [-0.15, -0.1) is 0 Å². The molecule has 0 saturated heterocycles. The fourth-order valence-corrected chi connectivity index (χ4v) is 1.79. The van der Waals surface area contributed by atoms with E-state index in [4.69, 9.17) is 10.1 Å². The molecule has 0 saturated carbocycles. The van der Waals surface area contributed by atoms with E-state index in [-0.39, 0.29) is 24.3 Å². The maximum absolute atomic E-state index is 10.6. The number of benzene rings is 1. The molecule has 0 aliphatic heterocycles. The number of nitrogens with one attached hydrogen (secondary N) is 1. The van der Waals surface area contributed by atoms with E-state index in [0.717, 1.165) is 0 Å². The van der Waals surface area contributed by atoms with Crippen LogP contribution in [0.3, 0.4) is 0 Å². The average molecular weight is 289 g/mol. The Bertz CT molecular complexity index is 684. The summed E-state index contributed by atoms with van der Waals surface area (Å²) < 4.78 is 6.93. The van der Waals surface area contributed by atoms with Crippen LogP contribution < -0.4 is 10.2 Å². The third-order valence-electron chi connectivity index (χ3n) is 2.82. The number of nitro benzene ring substituents is 1. The SMILES string of the molecule is N=c1ccccn1C[C@H](O)COc1cccc([N+](=O)[O-])c1. The highest BCUT2D eigenvalue weighted by molar-refractivity contribution is 5.37. The number of aliphatic hydroxyl groups is 1. The van der Waals surface area contributed by atoms with Gasteiger partial charge in [0.05, 0.1) is 17.5 Å². The second-order valence-corrected chi connectivity index (χ2v) is 4.46. The molecular formula is C14H15N3O4. The zero-order valence-corrected chi connectivity index (χ0v) is 11.2. The third kappa shape index (κ3) is 4.15. The molecule has 0 unspecified atom stereocenters. The number of hydrogen-bond acceptors (Lipinski definition) is 5. The normalized spacial score (nSPS) is 11.9. The lowest BCUT2D eigenvalue weighted by atomic mass is 10.3. The Morgan fingerprint density at radius 2 is 2.14 bits per heavy atom. The Kier molecular flexibility index (Phi) is 4.68. The molecule has 0 aliphatic carbocycles. The number of ether oxygens (including phenoxy) is 1. The van der Waals surface area contributed by atoms with Crippen LogP contribution in [-0.2, 0) is 6.54 Å². The lowest BCUT2D eigenvalue weighted by Crippen LogP contribution is -2.29. The van der Waals surface area contributed by atoms with Gasteiger partial charge in [-0.2, -0.15) is 0 Å². The zero-order valence-electron chi connectivity index (χ0n) is 11.2. The molecule has 0 aliphatic rings. The Hall–Kier alpha value is -2.67. The summed E-state index contributed by atoms with van der Waals surface area (Å²) in [6.07, 6.45) is 0.875. The van der Waals surface area contributed by atoms with Gasteiger partial charge in [0.15, 0.2) is 0 Å². The second-order valence-electron chi connectivity index (χ2n) is 4.46. The van der Waals surface area contributed by atoms with E-state index in [9.17, 15) is 15.2 Å². The van der Waals surface area contributed by atoms with Crippen molar-refractivity contribution in [2.75, 3.05) is 6.61 Å². The molecule has 1 aromatic carbocycles. The van der Waals surface area contributed by atoms with Gasteiger partial charge in [-0.1, -0.05) is 12.1 Å². The van der Waals surface area contributed by atoms with Crippen LogP contribution in [0.25, 0.3) is 0 Å². The van der Waals surface area contributed by atoms with Crippen molar-refractivity contribution in [2.24, 2.45) is 0 Å². The van der Waals surface area contributed by atoms with Crippen LogP contribution in [0.15, 0.2) is 48.7 Å². The topological polar surface area (TPSA) is 101 Å². The van der Waals surface area contributed by atoms with Crippen molar-refractivity contribution in [3.63, 3.8) is 0 Å². The molecule has 0 bridgehead atoms. The molecule has 2 rings (SSSR count). The molecule has 0 radical (unpaired) electrons. The van der Waals surface area contributed by atoms with Gasteiger partial charge < -0.3 is 14.4 Å². The minimum atomic E-state index is -0.819. The van der Waals surface area contributed by atoms with Crippen molar-refractivity contribution in [1.29, 1.82) is 5.41 Å². The smallest absolute Gasteiger partial charge is 0.273 e. The number of aliphatic hydroxyl groups excluding tert-OH is 1. The molecule has 7 heteroatoms. The first-order chi connectivity index (χ1) is 10.1. The van der Waals surface area contributed by atoms with Crippen molar-refractivity contribution in [2.45, 2.75) is 12.6 Å².